The second kappa shape index (κ2) is 6.44. The quantitative estimate of drug-likeness (QED) is 0.768. The molecule has 0 radical (unpaired) electrons. The van der Waals surface area contributed by atoms with Gasteiger partial charge in [0, 0.05) is 6.04 Å². The molecule has 0 saturated heterocycles. The number of carbonyl (C=O) groups is 1. The number of carbonyl (C=O) groups excluding carboxylic acids is 1. The topological polar surface area (TPSA) is 81.7 Å². The first-order valence-electron chi connectivity index (χ1n) is 6.69. The Balaban J connectivity index is 2.11. The van der Waals surface area contributed by atoms with E-state index in [9.17, 15) is 13.2 Å². The molecule has 1 atom stereocenters. The third-order valence-corrected chi connectivity index (χ3v) is 4.99. The zero-order chi connectivity index (χ0) is 15.5. The molecule has 1 saturated carbocycles. The highest BCUT2D eigenvalue weighted by Crippen LogP contribution is 2.35. The molecule has 0 unspecified atom stereocenters. The number of esters is 1. The maximum atomic E-state index is 12.3. The van der Waals surface area contributed by atoms with Crippen molar-refractivity contribution in [2.45, 2.75) is 30.2 Å². The van der Waals surface area contributed by atoms with Gasteiger partial charge in [-0.1, -0.05) is 0 Å². The predicted octanol–water partition coefficient (Wildman–Crippen LogP) is 1.32. The van der Waals surface area contributed by atoms with Gasteiger partial charge in [0.2, 0.25) is 10.0 Å². The monoisotopic (exact) mass is 313 g/mol. The normalized spacial score (nSPS) is 16.3. The predicted molar refractivity (Wildman–Crippen MR) is 76.5 cm³/mol. The van der Waals surface area contributed by atoms with Gasteiger partial charge in [0.15, 0.2) is 0 Å². The Morgan fingerprint density at radius 3 is 2.38 bits per heavy atom. The summed E-state index contributed by atoms with van der Waals surface area (Å²) in [6, 6.07) is 5.71. The molecule has 116 valence electrons. The summed E-state index contributed by atoms with van der Waals surface area (Å²) >= 11 is 0. The van der Waals surface area contributed by atoms with Crippen molar-refractivity contribution in [3.63, 3.8) is 0 Å². The summed E-state index contributed by atoms with van der Waals surface area (Å²) < 4.78 is 36.9. The highest BCUT2D eigenvalue weighted by atomic mass is 32.2. The molecule has 2 rings (SSSR count). The molecule has 1 aliphatic carbocycles. The van der Waals surface area contributed by atoms with E-state index in [0.29, 0.717) is 5.75 Å². The fourth-order valence-electron chi connectivity index (χ4n) is 2.09. The van der Waals surface area contributed by atoms with Crippen LogP contribution < -0.4 is 9.46 Å². The van der Waals surface area contributed by atoms with Crippen LogP contribution in [0.3, 0.4) is 0 Å². The van der Waals surface area contributed by atoms with E-state index in [2.05, 4.69) is 9.46 Å². The van der Waals surface area contributed by atoms with Crippen LogP contribution in [0.5, 0.6) is 5.75 Å². The first-order chi connectivity index (χ1) is 9.96. The maximum Gasteiger partial charge on any atom is 0.307 e. The molecule has 1 aromatic rings. The summed E-state index contributed by atoms with van der Waals surface area (Å²) in [4.78, 5) is 11.5. The van der Waals surface area contributed by atoms with Gasteiger partial charge in [0.25, 0.3) is 0 Å². The average molecular weight is 313 g/mol. The van der Waals surface area contributed by atoms with Crippen molar-refractivity contribution in [1.29, 1.82) is 0 Å². The fourth-order valence-corrected chi connectivity index (χ4v) is 3.39. The van der Waals surface area contributed by atoms with E-state index in [1.165, 1.54) is 26.4 Å². The van der Waals surface area contributed by atoms with Crippen LogP contribution in [0.2, 0.25) is 0 Å². The third-order valence-electron chi connectivity index (χ3n) is 3.48. The lowest BCUT2D eigenvalue weighted by atomic mass is 10.1. The molecule has 1 aromatic carbocycles. The fraction of sp³-hybridized carbons (Fsp3) is 0.500. The standard InChI is InChI=1S/C14H19NO5S/c1-19-11-5-7-12(8-6-11)21(17,18)15-13(10-3-4-10)9-14(16)20-2/h5-8,10,13,15H,3-4,9H2,1-2H3/t13-/m0/s1. The molecule has 0 bridgehead atoms. The number of ether oxygens (including phenoxy) is 2. The van der Waals surface area contributed by atoms with Gasteiger partial charge in [-0.3, -0.25) is 4.79 Å². The van der Waals surface area contributed by atoms with E-state index in [0.717, 1.165) is 12.8 Å². The van der Waals surface area contributed by atoms with Crippen LogP contribution in [0.25, 0.3) is 0 Å². The number of hydrogen-bond acceptors (Lipinski definition) is 5. The second-order valence-electron chi connectivity index (χ2n) is 5.02. The van der Waals surface area contributed by atoms with E-state index < -0.39 is 22.0 Å². The SMILES string of the molecule is COC(=O)C[C@H](NS(=O)(=O)c1ccc(OC)cc1)C1CC1. The molecule has 1 N–H and O–H groups in total. The third kappa shape index (κ3) is 4.18. The Hall–Kier alpha value is -1.60. The van der Waals surface area contributed by atoms with E-state index in [1.807, 2.05) is 0 Å². The van der Waals surface area contributed by atoms with Gasteiger partial charge in [0.1, 0.15) is 5.75 Å². The van der Waals surface area contributed by atoms with Crippen molar-refractivity contribution >= 4 is 16.0 Å². The average Bonchev–Trinajstić information content (AvgIpc) is 3.31. The van der Waals surface area contributed by atoms with Gasteiger partial charge in [-0.2, -0.15) is 0 Å². The van der Waals surface area contributed by atoms with Gasteiger partial charge in [-0.25, -0.2) is 13.1 Å². The second-order valence-corrected chi connectivity index (χ2v) is 6.73. The Labute approximate surface area is 124 Å². The van der Waals surface area contributed by atoms with Crippen LogP contribution in [-0.2, 0) is 19.6 Å². The zero-order valence-electron chi connectivity index (χ0n) is 12.0. The van der Waals surface area contributed by atoms with E-state index in [4.69, 9.17) is 4.74 Å². The molecule has 21 heavy (non-hydrogen) atoms. The van der Waals surface area contributed by atoms with Crippen molar-refractivity contribution in [2.24, 2.45) is 5.92 Å². The first kappa shape index (κ1) is 15.8. The van der Waals surface area contributed by atoms with Crippen LogP contribution in [-0.4, -0.2) is 34.6 Å². The molecule has 1 aliphatic rings. The number of benzene rings is 1. The molecule has 1 fully saturated rings. The summed E-state index contributed by atoms with van der Waals surface area (Å²) in [5.74, 6) is 0.378. The van der Waals surface area contributed by atoms with Gasteiger partial charge in [-0.05, 0) is 43.0 Å². The lowest BCUT2D eigenvalue weighted by Crippen LogP contribution is -2.38. The molecule has 6 nitrogen and oxygen atoms in total. The van der Waals surface area contributed by atoms with E-state index in [1.54, 1.807) is 12.1 Å². The molecule has 0 amide bonds. The van der Waals surface area contributed by atoms with Crippen molar-refractivity contribution in [3.8, 4) is 5.75 Å². The summed E-state index contributed by atoms with van der Waals surface area (Å²) in [7, 11) is -0.846. The van der Waals surface area contributed by atoms with E-state index in [-0.39, 0.29) is 17.2 Å². The number of methoxy groups -OCH3 is 2. The molecule has 0 aromatic heterocycles. The smallest absolute Gasteiger partial charge is 0.307 e. The van der Waals surface area contributed by atoms with Crippen LogP contribution in [0.4, 0.5) is 0 Å². The molecule has 0 aliphatic heterocycles. The minimum absolute atomic E-state index is 0.0521. The van der Waals surface area contributed by atoms with Crippen molar-refractivity contribution < 1.29 is 22.7 Å². The minimum Gasteiger partial charge on any atom is -0.497 e. The summed E-state index contributed by atoms with van der Waals surface area (Å²) in [5, 5.41) is 0. The molecule has 0 heterocycles. The number of nitrogens with one attached hydrogen (secondary N) is 1. The number of rotatable bonds is 7. The Bertz CT molecular complexity index is 592. The van der Waals surface area contributed by atoms with Gasteiger partial charge in [-0.15, -0.1) is 0 Å². The highest BCUT2D eigenvalue weighted by Gasteiger charge is 2.35. The van der Waals surface area contributed by atoms with Crippen LogP contribution in [0.1, 0.15) is 19.3 Å². The van der Waals surface area contributed by atoms with Crippen LogP contribution in [0, 0.1) is 5.92 Å². The molecular weight excluding hydrogens is 294 g/mol. The Morgan fingerprint density at radius 1 is 1.29 bits per heavy atom. The first-order valence-corrected chi connectivity index (χ1v) is 8.18. The molecular formula is C14H19NO5S. The van der Waals surface area contributed by atoms with Crippen molar-refractivity contribution in [1.82, 2.24) is 4.72 Å². The number of sulfonamides is 1. The van der Waals surface area contributed by atoms with E-state index >= 15 is 0 Å². The summed E-state index contributed by atoms with van der Waals surface area (Å²) in [5.41, 5.74) is 0. The van der Waals surface area contributed by atoms with Gasteiger partial charge in [0.05, 0.1) is 25.5 Å². The molecule has 0 spiro atoms. The van der Waals surface area contributed by atoms with Gasteiger partial charge < -0.3 is 9.47 Å². The van der Waals surface area contributed by atoms with Crippen molar-refractivity contribution in [3.05, 3.63) is 24.3 Å². The Kier molecular flexibility index (Phi) is 4.84. The van der Waals surface area contributed by atoms with Gasteiger partial charge >= 0.3 is 5.97 Å². The maximum absolute atomic E-state index is 12.3. The lowest BCUT2D eigenvalue weighted by molar-refractivity contribution is -0.141. The van der Waals surface area contributed by atoms with Crippen LogP contribution in [0.15, 0.2) is 29.2 Å². The number of hydrogen-bond donors (Lipinski definition) is 1. The van der Waals surface area contributed by atoms with Crippen LogP contribution >= 0.6 is 0 Å². The summed E-state index contributed by atoms with van der Waals surface area (Å²) in [6.45, 7) is 0. The largest absolute Gasteiger partial charge is 0.497 e. The zero-order valence-corrected chi connectivity index (χ0v) is 12.9. The van der Waals surface area contributed by atoms with Crippen molar-refractivity contribution in [2.75, 3.05) is 14.2 Å². The minimum atomic E-state index is -3.66. The summed E-state index contributed by atoms with van der Waals surface area (Å²) in [6.07, 6.45) is 1.90. The highest BCUT2D eigenvalue weighted by molar-refractivity contribution is 7.89. The Morgan fingerprint density at radius 2 is 1.90 bits per heavy atom. The molecule has 7 heteroatoms. The lowest BCUT2D eigenvalue weighted by Gasteiger charge is -2.17.